The van der Waals surface area contributed by atoms with E-state index in [0.29, 0.717) is 16.3 Å². The molecule has 1 atom stereocenters. The van der Waals surface area contributed by atoms with Crippen LogP contribution in [0.5, 0.6) is 0 Å². The summed E-state index contributed by atoms with van der Waals surface area (Å²) in [7, 11) is 0. The second kappa shape index (κ2) is 7.49. The van der Waals surface area contributed by atoms with Crippen LogP contribution in [0.25, 0.3) is 0 Å². The van der Waals surface area contributed by atoms with Crippen molar-refractivity contribution < 1.29 is 9.59 Å². The highest BCUT2D eigenvalue weighted by Gasteiger charge is 2.44. The van der Waals surface area contributed by atoms with Gasteiger partial charge < -0.3 is 11.1 Å². The minimum atomic E-state index is -0.644. The van der Waals surface area contributed by atoms with Crippen molar-refractivity contribution in [3.8, 4) is 6.07 Å². The van der Waals surface area contributed by atoms with Crippen LogP contribution in [0.1, 0.15) is 17.0 Å². The van der Waals surface area contributed by atoms with E-state index in [1.165, 1.54) is 16.7 Å². The molecule has 0 radical (unpaired) electrons. The second-order valence-corrected chi connectivity index (χ2v) is 7.78. The zero-order chi connectivity index (χ0) is 20.5. The lowest BCUT2D eigenvalue weighted by molar-refractivity contribution is -0.124. The average Bonchev–Trinajstić information content (AvgIpc) is 3.11. The zero-order valence-electron chi connectivity index (χ0n) is 15.7. The number of thioether (sulfide) groups is 1. The first-order valence-electron chi connectivity index (χ1n) is 9.04. The number of carbonyl (C=O) groups excluding carboxylic acids is 2. The van der Waals surface area contributed by atoms with Gasteiger partial charge in [-0.2, -0.15) is 5.26 Å². The summed E-state index contributed by atoms with van der Waals surface area (Å²) in [6.45, 7) is 1.97. The molecule has 0 aromatic heterocycles. The molecule has 2 amide bonds. The molecule has 0 bridgehead atoms. The van der Waals surface area contributed by atoms with Crippen molar-refractivity contribution in [2.45, 2.75) is 12.8 Å². The van der Waals surface area contributed by atoms with Gasteiger partial charge in [0, 0.05) is 5.69 Å². The fraction of sp³-hybridized carbons (Fsp3) is 0.136. The molecule has 6 nitrogen and oxygen atoms in total. The highest BCUT2D eigenvalue weighted by Crippen LogP contribution is 2.47. The van der Waals surface area contributed by atoms with Crippen LogP contribution in [0.4, 0.5) is 5.69 Å². The lowest BCUT2D eigenvalue weighted by Gasteiger charge is -2.32. The number of allylic oxidation sites excluding steroid dienone is 1. The number of hydrogen-bond donors (Lipinski definition) is 2. The predicted octanol–water partition coefficient (Wildman–Crippen LogP) is 3.21. The van der Waals surface area contributed by atoms with E-state index in [1.807, 2.05) is 49.4 Å². The summed E-state index contributed by atoms with van der Waals surface area (Å²) in [5.74, 6) is -0.961. The first-order chi connectivity index (χ1) is 14.0. The van der Waals surface area contributed by atoms with Crippen LogP contribution < -0.4 is 11.1 Å². The molecule has 2 aromatic carbocycles. The molecule has 7 heteroatoms. The Labute approximate surface area is 172 Å². The molecule has 2 aromatic rings. The minimum Gasteiger partial charge on any atom is -0.384 e. The molecule has 144 valence electrons. The first-order valence-corrected chi connectivity index (χ1v) is 10.0. The normalized spacial score (nSPS) is 18.6. The molecule has 2 aliphatic rings. The SMILES string of the molecule is Cc1ccc([C@@H]2C(C#N)=C(N)N3C(=O)CSC3=C2C(=O)Nc2ccccc2)cc1. The number of nitrogens with two attached hydrogens (primary N) is 1. The summed E-state index contributed by atoms with van der Waals surface area (Å²) in [6.07, 6.45) is 0. The van der Waals surface area contributed by atoms with E-state index >= 15 is 0 Å². The number of fused-ring (bicyclic) bond motifs is 1. The number of para-hydroxylation sites is 1. The van der Waals surface area contributed by atoms with Gasteiger partial charge in [0.05, 0.1) is 33.9 Å². The number of anilines is 1. The van der Waals surface area contributed by atoms with Crippen LogP contribution in [0, 0.1) is 18.3 Å². The summed E-state index contributed by atoms with van der Waals surface area (Å²) in [5.41, 5.74) is 9.26. The second-order valence-electron chi connectivity index (χ2n) is 6.81. The molecular weight excluding hydrogens is 384 g/mol. The van der Waals surface area contributed by atoms with E-state index in [9.17, 15) is 14.9 Å². The van der Waals surface area contributed by atoms with Crippen molar-refractivity contribution in [2.75, 3.05) is 11.1 Å². The Morgan fingerprint density at radius 1 is 1.21 bits per heavy atom. The maximum Gasteiger partial charge on any atom is 0.255 e. The van der Waals surface area contributed by atoms with Gasteiger partial charge >= 0.3 is 0 Å². The standard InChI is InChI=1S/C22H18N4O2S/c1-13-7-9-14(10-8-13)18-16(11-23)20(24)26-17(27)12-29-22(26)19(18)21(28)25-15-5-3-2-4-6-15/h2-10,18H,12,24H2,1H3,(H,25,28)/t18-/m1/s1. The van der Waals surface area contributed by atoms with Crippen molar-refractivity contribution in [1.29, 1.82) is 5.26 Å². The molecule has 0 aliphatic carbocycles. The predicted molar refractivity (Wildman–Crippen MR) is 112 cm³/mol. The van der Waals surface area contributed by atoms with Crippen LogP contribution >= 0.6 is 11.8 Å². The van der Waals surface area contributed by atoms with E-state index in [1.54, 1.807) is 12.1 Å². The van der Waals surface area contributed by atoms with Crippen molar-refractivity contribution in [3.05, 3.63) is 87.7 Å². The monoisotopic (exact) mass is 402 g/mol. The molecule has 2 aliphatic heterocycles. The Balaban J connectivity index is 1.87. The summed E-state index contributed by atoms with van der Waals surface area (Å²) < 4.78 is 0. The van der Waals surface area contributed by atoms with E-state index in [-0.39, 0.29) is 29.0 Å². The van der Waals surface area contributed by atoms with Gasteiger partial charge in [-0.25, -0.2) is 0 Å². The first kappa shape index (κ1) is 18.8. The summed E-state index contributed by atoms with van der Waals surface area (Å²) in [5, 5.41) is 13.2. The fourth-order valence-electron chi connectivity index (χ4n) is 3.51. The zero-order valence-corrected chi connectivity index (χ0v) is 16.5. The molecule has 0 saturated carbocycles. The van der Waals surface area contributed by atoms with E-state index < -0.39 is 5.92 Å². The quantitative estimate of drug-likeness (QED) is 0.821. The van der Waals surface area contributed by atoms with E-state index in [4.69, 9.17) is 5.73 Å². The number of amides is 2. The minimum absolute atomic E-state index is 0.0966. The molecule has 1 saturated heterocycles. The van der Waals surface area contributed by atoms with Crippen LogP contribution in [-0.2, 0) is 9.59 Å². The van der Waals surface area contributed by atoms with Gasteiger partial charge in [-0.3, -0.25) is 14.5 Å². The van der Waals surface area contributed by atoms with Crippen molar-refractivity contribution >= 4 is 29.3 Å². The van der Waals surface area contributed by atoms with Crippen LogP contribution in [0.3, 0.4) is 0 Å². The van der Waals surface area contributed by atoms with Crippen molar-refractivity contribution in [2.24, 2.45) is 5.73 Å². The van der Waals surface area contributed by atoms with Crippen LogP contribution in [-0.4, -0.2) is 22.5 Å². The van der Waals surface area contributed by atoms with Gasteiger partial charge in [0.25, 0.3) is 5.91 Å². The van der Waals surface area contributed by atoms with Crippen LogP contribution in [0.2, 0.25) is 0 Å². The van der Waals surface area contributed by atoms with Crippen molar-refractivity contribution in [3.63, 3.8) is 0 Å². The molecular formula is C22H18N4O2S. The molecule has 1 fully saturated rings. The highest BCUT2D eigenvalue weighted by atomic mass is 32.2. The van der Waals surface area contributed by atoms with E-state index in [0.717, 1.165) is 11.1 Å². The Morgan fingerprint density at radius 2 is 1.90 bits per heavy atom. The summed E-state index contributed by atoms with van der Waals surface area (Å²) in [6, 6.07) is 18.8. The third-order valence-corrected chi connectivity index (χ3v) is 5.98. The maximum absolute atomic E-state index is 13.3. The Hall–Kier alpha value is -3.50. The highest BCUT2D eigenvalue weighted by molar-refractivity contribution is 8.04. The molecule has 0 unspecified atom stereocenters. The Bertz CT molecular complexity index is 1100. The lowest BCUT2D eigenvalue weighted by atomic mass is 9.82. The molecule has 4 rings (SSSR count). The van der Waals surface area contributed by atoms with Crippen LogP contribution in [0.15, 0.2) is 76.6 Å². The number of nitrogens with one attached hydrogen (secondary N) is 1. The van der Waals surface area contributed by atoms with Gasteiger partial charge in [0.2, 0.25) is 5.91 Å². The number of benzene rings is 2. The van der Waals surface area contributed by atoms with Gasteiger partial charge in [0.15, 0.2) is 0 Å². The molecule has 3 N–H and O–H groups in total. The summed E-state index contributed by atoms with van der Waals surface area (Å²) >= 11 is 1.27. The fourth-order valence-corrected chi connectivity index (χ4v) is 4.60. The Kier molecular flexibility index (Phi) is 4.87. The largest absolute Gasteiger partial charge is 0.384 e. The smallest absolute Gasteiger partial charge is 0.255 e. The number of aryl methyl sites for hydroxylation is 1. The maximum atomic E-state index is 13.3. The molecule has 29 heavy (non-hydrogen) atoms. The number of nitrogens with zero attached hydrogens (tertiary/aromatic N) is 2. The lowest BCUT2D eigenvalue weighted by Crippen LogP contribution is -2.37. The van der Waals surface area contributed by atoms with Gasteiger partial charge in [0.1, 0.15) is 5.82 Å². The third-order valence-electron chi connectivity index (χ3n) is 4.92. The number of carbonyl (C=O) groups is 2. The number of nitriles is 1. The molecule has 0 spiro atoms. The Morgan fingerprint density at radius 3 is 2.55 bits per heavy atom. The van der Waals surface area contributed by atoms with Gasteiger partial charge in [-0.05, 0) is 24.6 Å². The topological polar surface area (TPSA) is 99.2 Å². The van der Waals surface area contributed by atoms with E-state index in [2.05, 4.69) is 11.4 Å². The average molecular weight is 402 g/mol. The summed E-state index contributed by atoms with van der Waals surface area (Å²) in [4.78, 5) is 27.1. The number of hydrogen-bond acceptors (Lipinski definition) is 5. The molecule has 2 heterocycles. The van der Waals surface area contributed by atoms with Crippen molar-refractivity contribution in [1.82, 2.24) is 4.90 Å². The van der Waals surface area contributed by atoms with Gasteiger partial charge in [-0.15, -0.1) is 0 Å². The van der Waals surface area contributed by atoms with Gasteiger partial charge in [-0.1, -0.05) is 59.8 Å². The third kappa shape index (κ3) is 3.28. The number of rotatable bonds is 3.